The minimum absolute atomic E-state index is 0.0674. The van der Waals surface area contributed by atoms with Crippen LogP contribution in [0.3, 0.4) is 0 Å². The molecular formula is C24H35N7O4. The van der Waals surface area contributed by atoms with Gasteiger partial charge in [0.1, 0.15) is 5.75 Å². The Morgan fingerprint density at radius 1 is 1.17 bits per heavy atom. The number of aryl methyl sites for hydroxylation is 1. The molecule has 0 unspecified atom stereocenters. The lowest BCUT2D eigenvalue weighted by Gasteiger charge is -2.25. The second-order valence-corrected chi connectivity index (χ2v) is 8.30. The van der Waals surface area contributed by atoms with Crippen molar-refractivity contribution in [2.45, 2.75) is 45.1 Å². The number of amides is 2. The lowest BCUT2D eigenvalue weighted by atomic mass is 10.1. The van der Waals surface area contributed by atoms with E-state index in [0.29, 0.717) is 62.1 Å². The van der Waals surface area contributed by atoms with E-state index in [1.165, 1.54) is 0 Å². The first-order chi connectivity index (χ1) is 16.9. The third-order valence-electron chi connectivity index (χ3n) is 5.67. The van der Waals surface area contributed by atoms with Gasteiger partial charge >= 0.3 is 0 Å². The van der Waals surface area contributed by atoms with Crippen molar-refractivity contribution < 1.29 is 19.1 Å². The van der Waals surface area contributed by atoms with Gasteiger partial charge in [0.15, 0.2) is 17.3 Å². The third-order valence-corrected chi connectivity index (χ3v) is 5.67. The Morgan fingerprint density at radius 2 is 1.94 bits per heavy atom. The van der Waals surface area contributed by atoms with Gasteiger partial charge in [-0.15, -0.1) is 0 Å². The minimum Gasteiger partial charge on any atom is -0.497 e. The Kier molecular flexibility index (Phi) is 9.62. The summed E-state index contributed by atoms with van der Waals surface area (Å²) >= 11 is 0. The number of primary amides is 1. The smallest absolute Gasteiger partial charge is 0.271 e. The molecule has 0 bridgehead atoms. The molecule has 3 rings (SSSR count). The molecule has 0 spiro atoms. The maximum absolute atomic E-state index is 12.2. The molecule has 35 heavy (non-hydrogen) atoms. The van der Waals surface area contributed by atoms with E-state index in [1.807, 2.05) is 19.1 Å². The number of nitrogens with zero attached hydrogens (tertiary/aromatic N) is 2. The molecule has 7 N–H and O–H groups in total. The maximum atomic E-state index is 12.2. The molecular weight excluding hydrogens is 450 g/mol. The van der Waals surface area contributed by atoms with Crippen LogP contribution in [0.5, 0.6) is 5.75 Å². The summed E-state index contributed by atoms with van der Waals surface area (Å²) in [6.07, 6.45) is 3.20. The first-order valence-electron chi connectivity index (χ1n) is 11.9. The van der Waals surface area contributed by atoms with Crippen LogP contribution in [0.25, 0.3) is 0 Å². The van der Waals surface area contributed by atoms with E-state index in [0.717, 1.165) is 18.4 Å². The summed E-state index contributed by atoms with van der Waals surface area (Å²) in [5, 5.41) is 9.49. The first-order valence-corrected chi connectivity index (χ1v) is 11.9. The van der Waals surface area contributed by atoms with E-state index in [2.05, 4.69) is 20.9 Å². The highest BCUT2D eigenvalue weighted by atomic mass is 16.5. The second-order valence-electron chi connectivity index (χ2n) is 8.30. The molecule has 11 heteroatoms. The van der Waals surface area contributed by atoms with Crippen molar-refractivity contribution in [2.24, 2.45) is 11.5 Å². The lowest BCUT2D eigenvalue weighted by Crippen LogP contribution is -2.29. The Balaban J connectivity index is 1.85. The number of benzene rings is 1. The van der Waals surface area contributed by atoms with Gasteiger partial charge in [-0.3, -0.25) is 9.59 Å². The van der Waals surface area contributed by atoms with Crippen LogP contribution in [-0.4, -0.2) is 61.2 Å². The number of rotatable bonds is 12. The molecule has 2 heterocycles. The Labute approximate surface area is 205 Å². The number of nitrogens with two attached hydrogens (primary N) is 2. The monoisotopic (exact) mass is 485 g/mol. The van der Waals surface area contributed by atoms with Gasteiger partial charge < -0.3 is 36.9 Å². The van der Waals surface area contributed by atoms with Crippen LogP contribution in [0.15, 0.2) is 18.2 Å². The minimum atomic E-state index is -0.668. The first kappa shape index (κ1) is 26.2. The molecule has 1 aromatic heterocycles. The van der Waals surface area contributed by atoms with Crippen molar-refractivity contribution in [2.75, 3.05) is 44.0 Å². The molecule has 1 aliphatic rings. The summed E-state index contributed by atoms with van der Waals surface area (Å²) in [6, 6.07) is 5.80. The lowest BCUT2D eigenvalue weighted by molar-refractivity contribution is -0.120. The van der Waals surface area contributed by atoms with Gasteiger partial charge in [-0.05, 0) is 43.4 Å². The number of carbonyl (C=O) groups is 2. The van der Waals surface area contributed by atoms with Crippen LogP contribution in [0.4, 0.5) is 17.3 Å². The highest BCUT2D eigenvalue weighted by molar-refractivity contribution is 5.96. The van der Waals surface area contributed by atoms with Gasteiger partial charge in [0.25, 0.3) is 5.91 Å². The van der Waals surface area contributed by atoms with E-state index in [-0.39, 0.29) is 29.9 Å². The number of anilines is 3. The Morgan fingerprint density at radius 3 is 2.60 bits per heavy atom. The van der Waals surface area contributed by atoms with Gasteiger partial charge in [0, 0.05) is 50.5 Å². The zero-order valence-electron chi connectivity index (χ0n) is 20.4. The average Bonchev–Trinajstić information content (AvgIpc) is 2.84. The van der Waals surface area contributed by atoms with Crippen molar-refractivity contribution in [3.63, 3.8) is 0 Å². The molecule has 1 fully saturated rings. The van der Waals surface area contributed by atoms with Gasteiger partial charge in [0.05, 0.1) is 12.8 Å². The number of hydrogen-bond donors (Lipinski definition) is 5. The molecule has 1 aromatic carbocycles. The van der Waals surface area contributed by atoms with Crippen molar-refractivity contribution in [1.82, 2.24) is 15.3 Å². The molecule has 0 aliphatic carbocycles. The quantitative estimate of drug-likeness (QED) is 0.299. The van der Waals surface area contributed by atoms with Gasteiger partial charge in [-0.1, -0.05) is 6.92 Å². The topological polar surface area (TPSA) is 167 Å². The summed E-state index contributed by atoms with van der Waals surface area (Å²) in [5.74, 6) is 0.753. The molecule has 2 aromatic rings. The molecule has 1 saturated heterocycles. The van der Waals surface area contributed by atoms with Crippen molar-refractivity contribution in [1.29, 1.82) is 0 Å². The van der Waals surface area contributed by atoms with E-state index < -0.39 is 5.91 Å². The van der Waals surface area contributed by atoms with Crippen molar-refractivity contribution in [3.8, 4) is 5.75 Å². The SMILES string of the molecule is CCc1nc(C(N)=O)c(Nc2cc(CCNC(=O)CCN)cc(OC)c2)nc1NC1CCOCC1. The second kappa shape index (κ2) is 12.9. The summed E-state index contributed by atoms with van der Waals surface area (Å²) in [6.45, 7) is 4.11. The maximum Gasteiger partial charge on any atom is 0.271 e. The number of methoxy groups -OCH3 is 1. The number of nitrogens with one attached hydrogen (secondary N) is 3. The Hall–Kier alpha value is -3.44. The molecule has 0 radical (unpaired) electrons. The normalized spacial score (nSPS) is 13.8. The zero-order chi connectivity index (χ0) is 25.2. The standard InChI is InChI=1S/C24H35N7O4/c1-3-19-23(28-16-6-10-35-11-7-16)31-24(21(30-19)22(26)33)29-17-12-15(13-18(14-17)34-2)5-9-27-20(32)4-8-25/h12-14,16H,3-11,25H2,1-2H3,(H2,26,33)(H,27,32)(H2,28,29,31). The fraction of sp³-hybridized carbons (Fsp3) is 0.500. The van der Waals surface area contributed by atoms with Crippen LogP contribution in [0, 0.1) is 0 Å². The molecule has 2 amide bonds. The predicted octanol–water partition coefficient (Wildman–Crippen LogP) is 1.49. The molecule has 11 nitrogen and oxygen atoms in total. The zero-order valence-corrected chi connectivity index (χ0v) is 20.4. The van der Waals surface area contributed by atoms with Crippen LogP contribution in [0.2, 0.25) is 0 Å². The number of ether oxygens (including phenoxy) is 2. The molecule has 0 atom stereocenters. The summed E-state index contributed by atoms with van der Waals surface area (Å²) < 4.78 is 10.9. The summed E-state index contributed by atoms with van der Waals surface area (Å²) in [7, 11) is 1.58. The van der Waals surface area contributed by atoms with Crippen LogP contribution in [-0.2, 0) is 22.4 Å². The van der Waals surface area contributed by atoms with E-state index >= 15 is 0 Å². The molecule has 0 saturated carbocycles. The van der Waals surface area contributed by atoms with Crippen molar-refractivity contribution >= 4 is 29.1 Å². The summed E-state index contributed by atoms with van der Waals surface area (Å²) in [4.78, 5) is 33.1. The van der Waals surface area contributed by atoms with Crippen molar-refractivity contribution in [3.05, 3.63) is 35.2 Å². The largest absolute Gasteiger partial charge is 0.497 e. The predicted molar refractivity (Wildman–Crippen MR) is 134 cm³/mol. The average molecular weight is 486 g/mol. The molecule has 1 aliphatic heterocycles. The van der Waals surface area contributed by atoms with E-state index in [4.69, 9.17) is 25.9 Å². The van der Waals surface area contributed by atoms with E-state index in [9.17, 15) is 9.59 Å². The molecule has 190 valence electrons. The van der Waals surface area contributed by atoms with Crippen LogP contribution >= 0.6 is 0 Å². The third kappa shape index (κ3) is 7.52. The number of carbonyl (C=O) groups excluding carboxylic acids is 2. The van der Waals surface area contributed by atoms with Gasteiger partial charge in [-0.25, -0.2) is 9.97 Å². The number of hydrogen-bond acceptors (Lipinski definition) is 9. The van der Waals surface area contributed by atoms with Gasteiger partial charge in [0.2, 0.25) is 5.91 Å². The fourth-order valence-electron chi connectivity index (χ4n) is 3.82. The Bertz CT molecular complexity index is 1030. The van der Waals surface area contributed by atoms with Crippen LogP contribution < -0.4 is 32.2 Å². The van der Waals surface area contributed by atoms with Crippen LogP contribution in [0.1, 0.15) is 47.9 Å². The fourth-order valence-corrected chi connectivity index (χ4v) is 3.82. The highest BCUT2D eigenvalue weighted by Gasteiger charge is 2.21. The van der Waals surface area contributed by atoms with E-state index in [1.54, 1.807) is 13.2 Å². The summed E-state index contributed by atoms with van der Waals surface area (Å²) in [5.41, 5.74) is 13.4. The number of aromatic nitrogens is 2. The van der Waals surface area contributed by atoms with Gasteiger partial charge in [-0.2, -0.15) is 0 Å². The highest BCUT2D eigenvalue weighted by Crippen LogP contribution is 2.27.